The van der Waals surface area contributed by atoms with Crippen molar-refractivity contribution in [1.29, 1.82) is 0 Å². The predicted molar refractivity (Wildman–Crippen MR) is 64.5 cm³/mol. The summed E-state index contributed by atoms with van der Waals surface area (Å²) in [5.41, 5.74) is 2.71. The SMILES string of the molecule is O=C(NO)C(c1ccccc1)N1CCCCC1. The van der Waals surface area contributed by atoms with Gasteiger partial charge in [-0.2, -0.15) is 0 Å². The van der Waals surface area contributed by atoms with Crippen LogP contribution in [0.15, 0.2) is 30.3 Å². The number of piperidine rings is 1. The monoisotopic (exact) mass is 234 g/mol. The Balaban J connectivity index is 2.21. The van der Waals surface area contributed by atoms with Crippen LogP contribution in [0.3, 0.4) is 0 Å². The van der Waals surface area contributed by atoms with Gasteiger partial charge in [0.15, 0.2) is 0 Å². The zero-order valence-electron chi connectivity index (χ0n) is 9.80. The highest BCUT2D eigenvalue weighted by Gasteiger charge is 2.28. The van der Waals surface area contributed by atoms with E-state index >= 15 is 0 Å². The Bertz CT molecular complexity index is 361. The van der Waals surface area contributed by atoms with Crippen LogP contribution in [0.2, 0.25) is 0 Å². The zero-order valence-corrected chi connectivity index (χ0v) is 9.80. The number of benzene rings is 1. The second-order valence-electron chi connectivity index (χ2n) is 4.39. The van der Waals surface area contributed by atoms with Gasteiger partial charge in [0.1, 0.15) is 6.04 Å². The molecular formula is C13H18N2O2. The van der Waals surface area contributed by atoms with Crippen LogP contribution >= 0.6 is 0 Å². The van der Waals surface area contributed by atoms with Gasteiger partial charge in [0.25, 0.3) is 5.91 Å². The highest BCUT2D eigenvalue weighted by atomic mass is 16.5. The van der Waals surface area contributed by atoms with Crippen molar-refractivity contribution in [2.24, 2.45) is 0 Å². The molecule has 1 aliphatic rings. The van der Waals surface area contributed by atoms with Crippen LogP contribution in [-0.4, -0.2) is 29.1 Å². The molecule has 0 aliphatic carbocycles. The van der Waals surface area contributed by atoms with E-state index in [1.807, 2.05) is 30.3 Å². The highest BCUT2D eigenvalue weighted by molar-refractivity contribution is 5.82. The van der Waals surface area contributed by atoms with Gasteiger partial charge in [-0.3, -0.25) is 14.9 Å². The lowest BCUT2D eigenvalue weighted by Gasteiger charge is -2.33. The molecule has 0 bridgehead atoms. The molecular weight excluding hydrogens is 216 g/mol. The minimum Gasteiger partial charge on any atom is -0.289 e. The van der Waals surface area contributed by atoms with Crippen LogP contribution in [0.25, 0.3) is 0 Å². The number of likely N-dealkylation sites (tertiary alicyclic amines) is 1. The molecule has 1 amide bonds. The van der Waals surface area contributed by atoms with E-state index < -0.39 is 0 Å². The fourth-order valence-electron chi connectivity index (χ4n) is 2.40. The van der Waals surface area contributed by atoms with Gasteiger partial charge < -0.3 is 0 Å². The molecule has 92 valence electrons. The number of hydrogen-bond donors (Lipinski definition) is 2. The Hall–Kier alpha value is -1.39. The third-order valence-corrected chi connectivity index (χ3v) is 3.23. The number of amides is 1. The maximum atomic E-state index is 11.8. The zero-order chi connectivity index (χ0) is 12.1. The van der Waals surface area contributed by atoms with Gasteiger partial charge in [-0.15, -0.1) is 0 Å². The normalized spacial score (nSPS) is 18.6. The van der Waals surface area contributed by atoms with Crippen molar-refractivity contribution >= 4 is 5.91 Å². The average molecular weight is 234 g/mol. The topological polar surface area (TPSA) is 52.6 Å². The van der Waals surface area contributed by atoms with Crippen molar-refractivity contribution < 1.29 is 10.0 Å². The molecule has 0 aromatic heterocycles. The van der Waals surface area contributed by atoms with Gasteiger partial charge in [0, 0.05) is 0 Å². The Labute approximate surface area is 101 Å². The first-order chi connectivity index (χ1) is 8.33. The number of nitrogens with zero attached hydrogens (tertiary/aromatic N) is 1. The molecule has 0 saturated carbocycles. The van der Waals surface area contributed by atoms with E-state index in [2.05, 4.69) is 4.90 Å². The molecule has 1 aliphatic heterocycles. The van der Waals surface area contributed by atoms with Crippen LogP contribution in [0, 0.1) is 0 Å². The molecule has 2 N–H and O–H groups in total. The molecule has 0 radical (unpaired) electrons. The number of carbonyl (C=O) groups is 1. The summed E-state index contributed by atoms with van der Waals surface area (Å²) in [5.74, 6) is -0.349. The minimum absolute atomic E-state index is 0.349. The van der Waals surface area contributed by atoms with E-state index in [9.17, 15) is 4.79 Å². The lowest BCUT2D eigenvalue weighted by molar-refractivity contribution is -0.135. The number of nitrogens with one attached hydrogen (secondary N) is 1. The average Bonchev–Trinajstić information content (AvgIpc) is 2.41. The van der Waals surface area contributed by atoms with Gasteiger partial charge in [-0.1, -0.05) is 36.8 Å². The molecule has 1 saturated heterocycles. The summed E-state index contributed by atoms with van der Waals surface area (Å²) in [5, 5.41) is 8.87. The molecule has 17 heavy (non-hydrogen) atoms. The third-order valence-electron chi connectivity index (χ3n) is 3.23. The van der Waals surface area contributed by atoms with Crippen LogP contribution in [0.5, 0.6) is 0 Å². The lowest BCUT2D eigenvalue weighted by Crippen LogP contribution is -2.42. The lowest BCUT2D eigenvalue weighted by atomic mass is 10.0. The third kappa shape index (κ3) is 2.84. The van der Waals surface area contributed by atoms with Crippen molar-refractivity contribution in [2.45, 2.75) is 25.3 Å². The second-order valence-corrected chi connectivity index (χ2v) is 4.39. The molecule has 1 unspecified atom stereocenters. The molecule has 1 fully saturated rings. The molecule has 1 aromatic carbocycles. The number of rotatable bonds is 3. The summed E-state index contributed by atoms with van der Waals surface area (Å²) in [6.45, 7) is 1.82. The first kappa shape index (κ1) is 12.1. The molecule has 1 atom stereocenters. The van der Waals surface area contributed by atoms with Crippen LogP contribution in [0.1, 0.15) is 30.9 Å². The summed E-state index contributed by atoms with van der Waals surface area (Å²) in [6, 6.07) is 9.23. The standard InChI is InChI=1S/C13H18N2O2/c16-13(14-17)12(11-7-3-1-4-8-11)15-9-5-2-6-10-15/h1,3-4,7-8,12,17H,2,5-6,9-10H2,(H,14,16). The summed E-state index contributed by atoms with van der Waals surface area (Å²) in [7, 11) is 0. The molecule has 2 rings (SSSR count). The van der Waals surface area contributed by atoms with Crippen molar-refractivity contribution in [3.05, 3.63) is 35.9 Å². The maximum Gasteiger partial charge on any atom is 0.265 e. The Morgan fingerprint density at radius 1 is 1.18 bits per heavy atom. The van der Waals surface area contributed by atoms with Crippen molar-refractivity contribution in [3.63, 3.8) is 0 Å². The molecule has 1 heterocycles. The van der Waals surface area contributed by atoms with E-state index in [-0.39, 0.29) is 11.9 Å². The van der Waals surface area contributed by atoms with Gasteiger partial charge in [0.2, 0.25) is 0 Å². The van der Waals surface area contributed by atoms with E-state index in [0.717, 1.165) is 31.5 Å². The van der Waals surface area contributed by atoms with E-state index in [0.29, 0.717) is 0 Å². The molecule has 4 heteroatoms. The van der Waals surface area contributed by atoms with Gasteiger partial charge in [-0.05, 0) is 31.5 Å². The number of hydrogen-bond acceptors (Lipinski definition) is 3. The van der Waals surface area contributed by atoms with Crippen LogP contribution in [-0.2, 0) is 4.79 Å². The van der Waals surface area contributed by atoms with Crippen molar-refractivity contribution in [2.75, 3.05) is 13.1 Å². The fourth-order valence-corrected chi connectivity index (χ4v) is 2.40. The highest BCUT2D eigenvalue weighted by Crippen LogP contribution is 2.24. The second kappa shape index (κ2) is 5.80. The van der Waals surface area contributed by atoms with Crippen molar-refractivity contribution in [3.8, 4) is 0 Å². The van der Waals surface area contributed by atoms with E-state index in [1.165, 1.54) is 6.42 Å². The largest absolute Gasteiger partial charge is 0.289 e. The van der Waals surface area contributed by atoms with Crippen LogP contribution in [0.4, 0.5) is 0 Å². The van der Waals surface area contributed by atoms with Crippen molar-refractivity contribution in [1.82, 2.24) is 10.4 Å². The first-order valence-corrected chi connectivity index (χ1v) is 6.06. The quantitative estimate of drug-likeness (QED) is 0.618. The van der Waals surface area contributed by atoms with E-state index in [1.54, 1.807) is 5.48 Å². The van der Waals surface area contributed by atoms with Gasteiger partial charge in [0.05, 0.1) is 0 Å². The first-order valence-electron chi connectivity index (χ1n) is 6.06. The summed E-state index contributed by atoms with van der Waals surface area (Å²) < 4.78 is 0. The summed E-state index contributed by atoms with van der Waals surface area (Å²) in [4.78, 5) is 13.9. The Morgan fingerprint density at radius 3 is 2.41 bits per heavy atom. The summed E-state index contributed by atoms with van der Waals surface area (Å²) >= 11 is 0. The molecule has 0 spiro atoms. The predicted octanol–water partition coefficient (Wildman–Crippen LogP) is 1.72. The maximum absolute atomic E-state index is 11.8. The fraction of sp³-hybridized carbons (Fsp3) is 0.462. The Kier molecular flexibility index (Phi) is 4.12. The van der Waals surface area contributed by atoms with Crippen LogP contribution < -0.4 is 5.48 Å². The van der Waals surface area contributed by atoms with Gasteiger partial charge in [-0.25, -0.2) is 5.48 Å². The summed E-state index contributed by atoms with van der Waals surface area (Å²) in [6.07, 6.45) is 3.45. The Morgan fingerprint density at radius 2 is 1.82 bits per heavy atom. The van der Waals surface area contributed by atoms with Gasteiger partial charge >= 0.3 is 0 Å². The number of carbonyl (C=O) groups excluding carboxylic acids is 1. The smallest absolute Gasteiger partial charge is 0.265 e. The molecule has 1 aromatic rings. The van der Waals surface area contributed by atoms with E-state index in [4.69, 9.17) is 5.21 Å². The molecule has 4 nitrogen and oxygen atoms in total. The number of hydroxylamine groups is 1. The minimum atomic E-state index is -0.374.